The minimum Gasteiger partial charge on any atom is -0.478 e. The zero-order valence-electron chi connectivity index (χ0n) is 5.03. The lowest BCUT2D eigenvalue weighted by Crippen LogP contribution is -2.08. The number of hydrogen-bond donors (Lipinski definition) is 1. The number of carbonyl (C=O) groups is 1. The summed E-state index contributed by atoms with van der Waals surface area (Å²) in [4.78, 5) is 10.2. The smallest absolute Gasteiger partial charge is 0.339 e. The van der Waals surface area contributed by atoms with Crippen molar-refractivity contribution in [3.8, 4) is 0 Å². The minimum absolute atomic E-state index is 0.345. The molecule has 0 radical (unpaired) electrons. The second kappa shape index (κ2) is 1.97. The first-order chi connectivity index (χ1) is 4.20. The van der Waals surface area contributed by atoms with Crippen LogP contribution >= 0.6 is 0 Å². The molecule has 1 heterocycles. The van der Waals surface area contributed by atoms with E-state index >= 15 is 0 Å². The molecule has 4 nitrogen and oxygen atoms in total. The number of aliphatic carboxylic acids is 1. The van der Waals surface area contributed by atoms with Gasteiger partial charge in [-0.2, -0.15) is 0 Å². The number of hydrogen-bond acceptors (Lipinski definition) is 2. The van der Waals surface area contributed by atoms with Gasteiger partial charge in [0, 0.05) is 0 Å². The molecule has 1 rings (SSSR count). The average molecular weight is 127 g/mol. The van der Waals surface area contributed by atoms with E-state index in [4.69, 9.17) is 5.11 Å². The molecule has 4 heteroatoms. The summed E-state index contributed by atoms with van der Waals surface area (Å²) in [6.45, 7) is 0.412. The van der Waals surface area contributed by atoms with E-state index in [-0.39, 0.29) is 0 Å². The maximum atomic E-state index is 10.2. The molecule has 0 unspecified atom stereocenters. The topological polar surface area (TPSA) is 52.7 Å². The molecule has 0 aliphatic carbocycles. The van der Waals surface area contributed by atoms with Crippen LogP contribution in [0.3, 0.4) is 0 Å². The van der Waals surface area contributed by atoms with Crippen LogP contribution < -0.4 is 0 Å². The van der Waals surface area contributed by atoms with Gasteiger partial charge in [-0.3, -0.25) is 0 Å². The van der Waals surface area contributed by atoms with Gasteiger partial charge in [-0.25, -0.2) is 4.79 Å². The zero-order chi connectivity index (χ0) is 6.85. The molecular formula is C5H7N2O2+. The monoisotopic (exact) mass is 127 g/mol. The lowest BCUT2D eigenvalue weighted by atomic mass is 10.3. The summed E-state index contributed by atoms with van der Waals surface area (Å²) < 4.78 is 1.57. The van der Waals surface area contributed by atoms with Gasteiger partial charge in [0.05, 0.1) is 0 Å². The van der Waals surface area contributed by atoms with Crippen LogP contribution in [0.2, 0.25) is 0 Å². The van der Waals surface area contributed by atoms with Crippen LogP contribution in [-0.2, 0) is 4.79 Å². The second-order valence-corrected chi connectivity index (χ2v) is 1.89. The van der Waals surface area contributed by atoms with Crippen LogP contribution in [0.5, 0.6) is 0 Å². The Kier molecular flexibility index (Phi) is 1.30. The van der Waals surface area contributed by atoms with Gasteiger partial charge in [-0.05, 0) is 5.11 Å². The Morgan fingerprint density at radius 3 is 2.89 bits per heavy atom. The highest BCUT2D eigenvalue weighted by molar-refractivity contribution is 5.86. The summed E-state index contributed by atoms with van der Waals surface area (Å²) >= 11 is 0. The largest absolute Gasteiger partial charge is 0.478 e. The van der Waals surface area contributed by atoms with Crippen molar-refractivity contribution in [1.29, 1.82) is 0 Å². The summed E-state index contributed by atoms with van der Waals surface area (Å²) in [5.41, 5.74) is 0.345. The third-order valence-corrected chi connectivity index (χ3v) is 1.08. The van der Waals surface area contributed by atoms with E-state index in [9.17, 15) is 4.79 Å². The van der Waals surface area contributed by atoms with Crippen molar-refractivity contribution in [3.05, 3.63) is 11.8 Å². The summed E-state index contributed by atoms with van der Waals surface area (Å²) in [5, 5.41) is 12.1. The van der Waals surface area contributed by atoms with Crippen molar-refractivity contribution >= 4 is 5.97 Å². The van der Waals surface area contributed by atoms with Gasteiger partial charge in [-0.1, -0.05) is 0 Å². The number of rotatable bonds is 1. The Labute approximate surface area is 52.1 Å². The average Bonchev–Trinajstić information content (AvgIpc) is 2.14. The van der Waals surface area contributed by atoms with Crippen LogP contribution in [0.4, 0.5) is 0 Å². The van der Waals surface area contributed by atoms with Crippen molar-refractivity contribution < 1.29 is 14.6 Å². The van der Waals surface area contributed by atoms with E-state index < -0.39 is 5.97 Å². The quantitative estimate of drug-likeness (QED) is 0.506. The van der Waals surface area contributed by atoms with Gasteiger partial charge in [0.2, 0.25) is 6.54 Å². The number of nitrogens with zero attached hydrogens (tertiary/aromatic N) is 2. The summed E-state index contributed by atoms with van der Waals surface area (Å²) in [5.74, 6) is -0.886. The number of azo groups is 2. The van der Waals surface area contributed by atoms with E-state index in [2.05, 4.69) is 5.11 Å². The standard InChI is InChI=1S/C5H6N2O2/c1-7-3-4(2-6-7)5(8)9/h2H,3H2,1H3/p+1. The van der Waals surface area contributed by atoms with Gasteiger partial charge in [0.25, 0.3) is 0 Å². The predicted octanol–water partition coefficient (Wildman–Crippen LogP) is 0.0630. The SMILES string of the molecule is C[N+]1=NC=C(C(=O)O)C1. The lowest BCUT2D eigenvalue weighted by molar-refractivity contribution is -0.548. The van der Waals surface area contributed by atoms with E-state index in [0.29, 0.717) is 12.1 Å². The van der Waals surface area contributed by atoms with E-state index in [1.54, 1.807) is 11.7 Å². The highest BCUT2D eigenvalue weighted by atomic mass is 16.4. The molecule has 0 fully saturated rings. The van der Waals surface area contributed by atoms with Crippen LogP contribution in [0, 0.1) is 0 Å². The molecule has 0 aromatic rings. The maximum Gasteiger partial charge on any atom is 0.339 e. The Morgan fingerprint density at radius 2 is 2.67 bits per heavy atom. The highest BCUT2D eigenvalue weighted by Crippen LogP contribution is 2.02. The first-order valence-electron chi connectivity index (χ1n) is 2.54. The van der Waals surface area contributed by atoms with Gasteiger partial charge >= 0.3 is 5.97 Å². The first kappa shape index (κ1) is 5.94. The molecule has 0 bridgehead atoms. The molecule has 1 aliphatic rings. The number of carboxylic acids is 1. The van der Waals surface area contributed by atoms with E-state index in [1.165, 1.54) is 6.20 Å². The van der Waals surface area contributed by atoms with E-state index in [0.717, 1.165) is 0 Å². The molecule has 0 saturated heterocycles. The van der Waals surface area contributed by atoms with Crippen LogP contribution in [0.15, 0.2) is 16.9 Å². The Balaban J connectivity index is 2.64. The second-order valence-electron chi connectivity index (χ2n) is 1.89. The van der Waals surface area contributed by atoms with Crippen LogP contribution in [0.25, 0.3) is 0 Å². The molecule has 0 spiro atoms. The molecule has 0 saturated carbocycles. The molecule has 1 N–H and O–H groups in total. The third kappa shape index (κ3) is 1.13. The molecule has 48 valence electrons. The molecule has 0 amide bonds. The zero-order valence-corrected chi connectivity index (χ0v) is 5.03. The summed E-state index contributed by atoms with van der Waals surface area (Å²) in [7, 11) is 1.73. The van der Waals surface area contributed by atoms with Gasteiger partial charge in [0.15, 0.2) is 7.05 Å². The van der Waals surface area contributed by atoms with Gasteiger partial charge < -0.3 is 5.11 Å². The molecular weight excluding hydrogens is 120 g/mol. The maximum absolute atomic E-state index is 10.2. The van der Waals surface area contributed by atoms with Crippen molar-refractivity contribution in [2.24, 2.45) is 5.11 Å². The van der Waals surface area contributed by atoms with Crippen LogP contribution in [0.1, 0.15) is 0 Å². The van der Waals surface area contributed by atoms with Crippen LogP contribution in [-0.4, -0.2) is 29.4 Å². The third-order valence-electron chi connectivity index (χ3n) is 1.08. The van der Waals surface area contributed by atoms with Crippen molar-refractivity contribution in [3.63, 3.8) is 0 Å². The molecule has 9 heavy (non-hydrogen) atoms. The Bertz CT molecular complexity index is 205. The minimum atomic E-state index is -0.886. The molecule has 0 atom stereocenters. The molecule has 0 aromatic carbocycles. The first-order valence-corrected chi connectivity index (χ1v) is 2.54. The Morgan fingerprint density at radius 1 is 2.00 bits per heavy atom. The lowest BCUT2D eigenvalue weighted by Gasteiger charge is -1.84. The number of carboxylic acid groups (broad SMARTS) is 1. The van der Waals surface area contributed by atoms with Gasteiger partial charge in [0.1, 0.15) is 11.8 Å². The fourth-order valence-electron chi connectivity index (χ4n) is 0.619. The fraction of sp³-hybridized carbons (Fsp3) is 0.400. The summed E-state index contributed by atoms with van der Waals surface area (Å²) in [6, 6.07) is 0. The highest BCUT2D eigenvalue weighted by Gasteiger charge is 2.18. The van der Waals surface area contributed by atoms with Crippen molar-refractivity contribution in [2.45, 2.75) is 0 Å². The van der Waals surface area contributed by atoms with E-state index in [1.807, 2.05) is 0 Å². The summed E-state index contributed by atoms with van der Waals surface area (Å²) in [6.07, 6.45) is 1.36. The van der Waals surface area contributed by atoms with Crippen molar-refractivity contribution in [2.75, 3.05) is 13.6 Å². The molecule has 1 aliphatic heterocycles. The van der Waals surface area contributed by atoms with Gasteiger partial charge in [-0.15, -0.1) is 4.70 Å². The van der Waals surface area contributed by atoms with Crippen molar-refractivity contribution in [1.82, 2.24) is 0 Å². The molecule has 0 aromatic heterocycles. The normalized spacial score (nSPS) is 17.0. The Hall–Kier alpha value is -1.19. The fourth-order valence-corrected chi connectivity index (χ4v) is 0.619. The predicted molar refractivity (Wildman–Crippen MR) is 29.2 cm³/mol. The number of likely N-dealkylation sites (N-methyl/N-ethyl adjacent to an activating group) is 1.